The van der Waals surface area contributed by atoms with Crippen LogP contribution in [0.3, 0.4) is 0 Å². The van der Waals surface area contributed by atoms with E-state index in [1.807, 2.05) is 0 Å². The molecule has 1 fully saturated rings. The van der Waals surface area contributed by atoms with Crippen molar-refractivity contribution in [2.75, 3.05) is 26.2 Å². The van der Waals surface area contributed by atoms with Gasteiger partial charge in [-0.1, -0.05) is 0 Å². The van der Waals surface area contributed by atoms with Crippen molar-refractivity contribution in [1.29, 1.82) is 0 Å². The molecule has 1 rings (SSSR count). The summed E-state index contributed by atoms with van der Waals surface area (Å²) in [5, 5.41) is 8.60. The third-order valence-corrected chi connectivity index (χ3v) is 2.31. The Morgan fingerprint density at radius 2 is 2.08 bits per heavy atom. The average molecular weight is 197 g/mol. The first-order valence-corrected chi connectivity index (χ1v) is 4.41. The van der Waals surface area contributed by atoms with E-state index in [4.69, 9.17) is 5.11 Å². The van der Waals surface area contributed by atoms with Crippen LogP contribution in [-0.2, 0) is 0 Å². The van der Waals surface area contributed by atoms with Crippen molar-refractivity contribution in [3.63, 3.8) is 0 Å². The van der Waals surface area contributed by atoms with Crippen LogP contribution in [0.15, 0.2) is 0 Å². The van der Waals surface area contributed by atoms with Gasteiger partial charge in [-0.25, -0.2) is 0 Å². The van der Waals surface area contributed by atoms with Gasteiger partial charge in [-0.05, 0) is 25.3 Å². The zero-order valence-electron chi connectivity index (χ0n) is 7.35. The van der Waals surface area contributed by atoms with E-state index in [9.17, 15) is 13.2 Å². The Kier molecular flexibility index (Phi) is 3.55. The molecule has 1 N–H and O–H groups in total. The van der Waals surface area contributed by atoms with Crippen LogP contribution in [0.4, 0.5) is 13.2 Å². The van der Waals surface area contributed by atoms with E-state index in [2.05, 4.69) is 0 Å². The Labute approximate surface area is 75.3 Å². The predicted molar refractivity (Wildman–Crippen MR) is 42.3 cm³/mol. The first-order chi connectivity index (χ1) is 6.01. The number of nitrogens with zero attached hydrogens (tertiary/aromatic N) is 1. The second kappa shape index (κ2) is 4.28. The number of hydrogen-bond donors (Lipinski definition) is 1. The summed E-state index contributed by atoms with van der Waals surface area (Å²) in [6, 6.07) is 0. The van der Waals surface area contributed by atoms with Crippen LogP contribution in [-0.4, -0.2) is 42.4 Å². The van der Waals surface area contributed by atoms with Gasteiger partial charge < -0.3 is 5.11 Å². The van der Waals surface area contributed by atoms with Crippen LogP contribution in [0.25, 0.3) is 0 Å². The molecule has 0 radical (unpaired) electrons. The first kappa shape index (κ1) is 10.8. The van der Waals surface area contributed by atoms with Crippen molar-refractivity contribution >= 4 is 0 Å². The largest absolute Gasteiger partial charge is 0.401 e. The van der Waals surface area contributed by atoms with E-state index < -0.39 is 12.7 Å². The normalized spacial score (nSPS) is 25.4. The van der Waals surface area contributed by atoms with Crippen LogP contribution in [0.2, 0.25) is 0 Å². The van der Waals surface area contributed by atoms with Crippen LogP contribution in [0, 0.1) is 5.92 Å². The van der Waals surface area contributed by atoms with Crippen molar-refractivity contribution in [3.05, 3.63) is 0 Å². The van der Waals surface area contributed by atoms with E-state index in [1.165, 1.54) is 4.90 Å². The summed E-state index contributed by atoms with van der Waals surface area (Å²) in [4.78, 5) is 1.40. The third kappa shape index (κ3) is 3.95. The lowest BCUT2D eigenvalue weighted by Crippen LogP contribution is -2.32. The second-order valence-electron chi connectivity index (χ2n) is 3.52. The van der Waals surface area contributed by atoms with Gasteiger partial charge in [-0.3, -0.25) is 4.90 Å². The molecule has 0 aromatic carbocycles. The Balaban J connectivity index is 2.25. The van der Waals surface area contributed by atoms with Gasteiger partial charge in [0, 0.05) is 13.2 Å². The summed E-state index contributed by atoms with van der Waals surface area (Å²) in [6.07, 6.45) is -2.70. The molecule has 1 aliphatic rings. The molecule has 5 heteroatoms. The standard InChI is InChI=1S/C8H14F3NO/c9-8(10,11)6-12-3-1-7(5-12)2-4-13/h7,13H,1-6H2. The Morgan fingerprint density at radius 1 is 1.38 bits per heavy atom. The first-order valence-electron chi connectivity index (χ1n) is 4.41. The van der Waals surface area contributed by atoms with Gasteiger partial charge in [-0.2, -0.15) is 13.2 Å². The number of aliphatic hydroxyl groups excluding tert-OH is 1. The average Bonchev–Trinajstić information content (AvgIpc) is 2.33. The van der Waals surface area contributed by atoms with Gasteiger partial charge in [0.05, 0.1) is 6.54 Å². The molecule has 1 atom stereocenters. The lowest BCUT2D eigenvalue weighted by atomic mass is 10.1. The molecule has 0 aromatic heterocycles. The minimum Gasteiger partial charge on any atom is -0.396 e. The zero-order valence-corrected chi connectivity index (χ0v) is 7.35. The van der Waals surface area contributed by atoms with E-state index in [0.29, 0.717) is 19.5 Å². The summed E-state index contributed by atoms with van der Waals surface area (Å²) in [5.41, 5.74) is 0. The maximum Gasteiger partial charge on any atom is 0.401 e. The van der Waals surface area contributed by atoms with Gasteiger partial charge in [0.1, 0.15) is 0 Å². The lowest BCUT2D eigenvalue weighted by molar-refractivity contribution is -0.143. The maximum absolute atomic E-state index is 11.9. The van der Waals surface area contributed by atoms with Gasteiger partial charge in [0.15, 0.2) is 0 Å². The number of likely N-dealkylation sites (tertiary alicyclic amines) is 1. The highest BCUT2D eigenvalue weighted by Crippen LogP contribution is 2.23. The Morgan fingerprint density at radius 3 is 2.62 bits per heavy atom. The topological polar surface area (TPSA) is 23.5 Å². The van der Waals surface area contributed by atoms with Gasteiger partial charge in [0.25, 0.3) is 0 Å². The predicted octanol–water partition coefficient (Wildman–Crippen LogP) is 1.25. The molecule has 2 nitrogen and oxygen atoms in total. The van der Waals surface area contributed by atoms with Crippen LogP contribution >= 0.6 is 0 Å². The van der Waals surface area contributed by atoms with Gasteiger partial charge in [0.2, 0.25) is 0 Å². The molecule has 0 aromatic rings. The Hall–Kier alpha value is -0.290. The quantitative estimate of drug-likeness (QED) is 0.736. The van der Waals surface area contributed by atoms with Crippen LogP contribution < -0.4 is 0 Å². The molecule has 78 valence electrons. The summed E-state index contributed by atoms with van der Waals surface area (Å²) in [6.45, 7) is 0.240. The molecule has 1 saturated heterocycles. The molecule has 1 unspecified atom stereocenters. The number of rotatable bonds is 3. The molecule has 1 aliphatic heterocycles. The van der Waals surface area contributed by atoms with E-state index >= 15 is 0 Å². The van der Waals surface area contributed by atoms with Crippen LogP contribution in [0.5, 0.6) is 0 Å². The highest BCUT2D eigenvalue weighted by atomic mass is 19.4. The van der Waals surface area contributed by atoms with Crippen LogP contribution in [0.1, 0.15) is 12.8 Å². The maximum atomic E-state index is 11.9. The highest BCUT2D eigenvalue weighted by molar-refractivity contribution is 4.76. The fourth-order valence-corrected chi connectivity index (χ4v) is 1.73. The molecule has 1 heterocycles. The SMILES string of the molecule is OCCC1CCN(CC(F)(F)F)C1. The second-order valence-corrected chi connectivity index (χ2v) is 3.52. The summed E-state index contributed by atoms with van der Waals surface area (Å²) in [7, 11) is 0. The smallest absolute Gasteiger partial charge is 0.396 e. The molecular weight excluding hydrogens is 183 g/mol. The van der Waals surface area contributed by atoms with Crippen molar-refractivity contribution in [3.8, 4) is 0 Å². The van der Waals surface area contributed by atoms with E-state index in [1.54, 1.807) is 0 Å². The summed E-state index contributed by atoms with van der Waals surface area (Å²) >= 11 is 0. The van der Waals surface area contributed by atoms with E-state index in [-0.39, 0.29) is 12.5 Å². The number of aliphatic hydroxyl groups is 1. The number of hydrogen-bond acceptors (Lipinski definition) is 2. The molecular formula is C8H14F3NO. The summed E-state index contributed by atoms with van der Waals surface area (Å²) in [5.74, 6) is 0.243. The number of alkyl halides is 3. The minimum atomic E-state index is -4.09. The fraction of sp³-hybridized carbons (Fsp3) is 1.00. The lowest BCUT2D eigenvalue weighted by Gasteiger charge is -2.17. The molecule has 0 spiro atoms. The third-order valence-electron chi connectivity index (χ3n) is 2.31. The molecule has 0 saturated carbocycles. The molecule has 13 heavy (non-hydrogen) atoms. The minimum absolute atomic E-state index is 0.0739. The highest BCUT2D eigenvalue weighted by Gasteiger charge is 2.33. The number of halogens is 3. The van der Waals surface area contributed by atoms with E-state index in [0.717, 1.165) is 6.42 Å². The van der Waals surface area contributed by atoms with Crippen molar-refractivity contribution in [2.24, 2.45) is 5.92 Å². The molecule has 0 amide bonds. The van der Waals surface area contributed by atoms with Crippen molar-refractivity contribution in [1.82, 2.24) is 4.90 Å². The van der Waals surface area contributed by atoms with Gasteiger partial charge >= 0.3 is 6.18 Å². The monoisotopic (exact) mass is 197 g/mol. The fourth-order valence-electron chi connectivity index (χ4n) is 1.73. The van der Waals surface area contributed by atoms with Crippen molar-refractivity contribution in [2.45, 2.75) is 19.0 Å². The van der Waals surface area contributed by atoms with Crippen molar-refractivity contribution < 1.29 is 18.3 Å². The summed E-state index contributed by atoms with van der Waals surface area (Å²) < 4.78 is 35.8. The van der Waals surface area contributed by atoms with Gasteiger partial charge in [-0.15, -0.1) is 0 Å². The molecule has 0 aliphatic carbocycles. The Bertz CT molecular complexity index is 160. The zero-order chi connectivity index (χ0) is 9.90. The molecule has 0 bridgehead atoms.